The van der Waals surface area contributed by atoms with Crippen molar-refractivity contribution in [2.24, 2.45) is 0 Å². The molecule has 1 unspecified atom stereocenters. The average Bonchev–Trinajstić information content (AvgIpc) is 3.79. The molecule has 1 amide bonds. The van der Waals surface area contributed by atoms with Gasteiger partial charge in [0.05, 0.1) is 18.3 Å². The van der Waals surface area contributed by atoms with E-state index in [9.17, 15) is 4.79 Å². The van der Waals surface area contributed by atoms with Gasteiger partial charge in [0.15, 0.2) is 0 Å². The molecule has 5 heterocycles. The highest BCUT2D eigenvalue weighted by Gasteiger charge is 2.36. The highest BCUT2D eigenvalue weighted by atomic mass is 16.5. The van der Waals surface area contributed by atoms with Crippen LogP contribution in [0.25, 0.3) is 10.8 Å². The first-order chi connectivity index (χ1) is 20.5. The van der Waals surface area contributed by atoms with Crippen LogP contribution in [0.3, 0.4) is 0 Å². The molecule has 0 spiro atoms. The fourth-order valence-corrected chi connectivity index (χ4v) is 7.17. The molecule has 0 radical (unpaired) electrons. The number of likely N-dealkylation sites (tertiary alicyclic amines) is 1. The monoisotopic (exact) mass is 569 g/mol. The number of hydrogen-bond donors (Lipinski definition) is 1. The third-order valence-corrected chi connectivity index (χ3v) is 9.90. The highest BCUT2D eigenvalue weighted by Crippen LogP contribution is 2.36. The Kier molecular flexibility index (Phi) is 7.40. The van der Waals surface area contributed by atoms with Gasteiger partial charge in [0.1, 0.15) is 12.4 Å². The molecule has 7 rings (SSSR count). The molecule has 0 aliphatic carbocycles. The van der Waals surface area contributed by atoms with Crippen molar-refractivity contribution in [2.75, 3.05) is 63.2 Å². The Morgan fingerprint density at radius 2 is 1.83 bits per heavy atom. The van der Waals surface area contributed by atoms with Gasteiger partial charge in [-0.25, -0.2) is 0 Å². The van der Waals surface area contributed by atoms with E-state index in [0.717, 1.165) is 76.5 Å². The van der Waals surface area contributed by atoms with Crippen molar-refractivity contribution in [1.82, 2.24) is 25.1 Å². The number of fused-ring (bicyclic) bond motifs is 2. The van der Waals surface area contributed by atoms with Crippen molar-refractivity contribution >= 4 is 28.2 Å². The molecule has 3 aromatic rings. The third kappa shape index (κ3) is 5.28. The van der Waals surface area contributed by atoms with Crippen LogP contribution in [0.15, 0.2) is 36.4 Å². The van der Waals surface area contributed by atoms with Gasteiger partial charge in [-0.1, -0.05) is 30.3 Å². The van der Waals surface area contributed by atoms with E-state index in [1.165, 1.54) is 34.0 Å². The Morgan fingerprint density at radius 1 is 1.05 bits per heavy atom. The van der Waals surface area contributed by atoms with Crippen LogP contribution < -0.4 is 19.9 Å². The lowest BCUT2D eigenvalue weighted by atomic mass is 9.98. The normalized spacial score (nSPS) is 22.8. The number of anilines is 2. The number of carbonyl (C=O) groups is 1. The summed E-state index contributed by atoms with van der Waals surface area (Å²) < 4.78 is 6.34. The number of amides is 1. The summed E-state index contributed by atoms with van der Waals surface area (Å²) in [6.45, 7) is 8.15. The van der Waals surface area contributed by atoms with E-state index in [1.54, 1.807) is 0 Å². The Morgan fingerprint density at radius 3 is 2.57 bits per heavy atom. The van der Waals surface area contributed by atoms with Crippen LogP contribution in [-0.2, 0) is 17.8 Å². The van der Waals surface area contributed by atoms with E-state index in [-0.39, 0.29) is 18.0 Å². The van der Waals surface area contributed by atoms with Crippen molar-refractivity contribution in [3.05, 3.63) is 53.2 Å². The van der Waals surface area contributed by atoms with Gasteiger partial charge in [0, 0.05) is 61.9 Å². The third-order valence-electron chi connectivity index (χ3n) is 9.90. The first-order valence-electron chi connectivity index (χ1n) is 15.7. The lowest BCUT2D eigenvalue weighted by Gasteiger charge is -2.39. The van der Waals surface area contributed by atoms with Gasteiger partial charge >= 0.3 is 6.01 Å². The maximum absolute atomic E-state index is 12.7. The summed E-state index contributed by atoms with van der Waals surface area (Å²) in [7, 11) is 4.14. The van der Waals surface area contributed by atoms with Crippen LogP contribution in [0.2, 0.25) is 0 Å². The summed E-state index contributed by atoms with van der Waals surface area (Å²) >= 11 is 0. The van der Waals surface area contributed by atoms with Crippen LogP contribution in [-0.4, -0.2) is 97.2 Å². The molecule has 2 aromatic carbocycles. The molecule has 9 nitrogen and oxygen atoms in total. The number of rotatable bonds is 7. The minimum atomic E-state index is 0.0222. The zero-order chi connectivity index (χ0) is 28.8. The highest BCUT2D eigenvalue weighted by molar-refractivity contribution is 5.97. The summed E-state index contributed by atoms with van der Waals surface area (Å²) in [4.78, 5) is 32.0. The summed E-state index contributed by atoms with van der Waals surface area (Å²) in [6.07, 6.45) is 5.14. The molecule has 3 saturated heterocycles. The van der Waals surface area contributed by atoms with Gasteiger partial charge < -0.3 is 29.7 Å². The summed E-state index contributed by atoms with van der Waals surface area (Å²) in [5.74, 6) is 1.25. The molecule has 9 heteroatoms. The second kappa shape index (κ2) is 11.3. The molecule has 42 heavy (non-hydrogen) atoms. The molecule has 0 saturated carbocycles. The number of ether oxygens (including phenoxy) is 1. The summed E-state index contributed by atoms with van der Waals surface area (Å²) in [5.41, 5.74) is 4.88. The van der Waals surface area contributed by atoms with Gasteiger partial charge in [0.2, 0.25) is 5.91 Å². The number of piperidine rings is 1. The van der Waals surface area contributed by atoms with E-state index >= 15 is 0 Å². The second-order valence-electron chi connectivity index (χ2n) is 12.6. The molecule has 2 atom stereocenters. The van der Waals surface area contributed by atoms with E-state index in [4.69, 9.17) is 14.7 Å². The predicted molar refractivity (Wildman–Crippen MR) is 166 cm³/mol. The fourth-order valence-electron chi connectivity index (χ4n) is 7.17. The topological polar surface area (TPSA) is 87.0 Å². The molecule has 3 fully saturated rings. The van der Waals surface area contributed by atoms with Crippen LogP contribution in [0.5, 0.6) is 6.01 Å². The molecular formula is C33H43N7O2. The van der Waals surface area contributed by atoms with Crippen LogP contribution in [0.4, 0.5) is 11.5 Å². The minimum absolute atomic E-state index is 0.0222. The molecular weight excluding hydrogens is 526 g/mol. The Hall–Kier alpha value is -3.43. The summed E-state index contributed by atoms with van der Waals surface area (Å²) in [5, 5.41) is 5.75. The van der Waals surface area contributed by atoms with E-state index in [2.05, 4.69) is 70.4 Å². The molecule has 1 aromatic heterocycles. The maximum atomic E-state index is 12.7. The van der Waals surface area contributed by atoms with Crippen molar-refractivity contribution in [3.8, 4) is 6.01 Å². The van der Waals surface area contributed by atoms with Crippen LogP contribution in [0, 0.1) is 6.92 Å². The van der Waals surface area contributed by atoms with Crippen molar-refractivity contribution in [3.63, 3.8) is 0 Å². The quantitative estimate of drug-likeness (QED) is 0.434. The lowest BCUT2D eigenvalue weighted by Crippen LogP contribution is -2.47. The number of nitrogens with zero attached hydrogens (tertiary/aromatic N) is 6. The largest absolute Gasteiger partial charge is 0.462 e. The Labute approximate surface area is 248 Å². The van der Waals surface area contributed by atoms with Crippen LogP contribution in [0.1, 0.15) is 42.5 Å². The van der Waals surface area contributed by atoms with E-state index in [1.807, 2.05) is 11.9 Å². The van der Waals surface area contributed by atoms with Crippen LogP contribution >= 0.6 is 0 Å². The first kappa shape index (κ1) is 27.4. The predicted octanol–water partition coefficient (Wildman–Crippen LogP) is 3.37. The number of aromatic nitrogens is 2. The molecule has 4 aliphatic rings. The van der Waals surface area contributed by atoms with Crippen molar-refractivity contribution < 1.29 is 9.53 Å². The molecule has 222 valence electrons. The molecule has 1 N–H and O–H groups in total. The smallest absolute Gasteiger partial charge is 0.318 e. The zero-order valence-electron chi connectivity index (χ0n) is 25.2. The lowest BCUT2D eigenvalue weighted by molar-refractivity contribution is -0.131. The second-order valence-corrected chi connectivity index (χ2v) is 12.6. The molecule has 0 bridgehead atoms. The van der Waals surface area contributed by atoms with Gasteiger partial charge in [-0.2, -0.15) is 9.97 Å². The Balaban J connectivity index is 1.16. The van der Waals surface area contributed by atoms with E-state index < -0.39 is 0 Å². The average molecular weight is 570 g/mol. The number of aryl methyl sites for hydroxylation is 1. The molecule has 4 aliphatic heterocycles. The minimum Gasteiger partial charge on any atom is -0.462 e. The number of hydrogen-bond acceptors (Lipinski definition) is 8. The maximum Gasteiger partial charge on any atom is 0.318 e. The first-order valence-corrected chi connectivity index (χ1v) is 15.7. The van der Waals surface area contributed by atoms with Gasteiger partial charge in [-0.15, -0.1) is 0 Å². The Bertz CT molecular complexity index is 1460. The van der Waals surface area contributed by atoms with Gasteiger partial charge in [0.25, 0.3) is 0 Å². The van der Waals surface area contributed by atoms with Gasteiger partial charge in [-0.05, 0) is 69.6 Å². The number of likely N-dealkylation sites (N-methyl/N-ethyl adjacent to an activating group) is 2. The van der Waals surface area contributed by atoms with Crippen molar-refractivity contribution in [2.45, 2.75) is 63.7 Å². The number of benzene rings is 2. The number of carbonyl (C=O) groups excluding carboxylic acids is 1. The summed E-state index contributed by atoms with van der Waals surface area (Å²) in [6, 6.07) is 14.3. The fraction of sp³-hybridized carbons (Fsp3) is 0.545. The standard InChI is InChI=1S/C33H43N7O2/c1-22-7-4-8-23-9-5-11-29(30(22)23)40-18-14-26-28(20-40)35-33(42-21-25-10-6-15-37(25)2)36-31(26)39-16-12-24(13-17-39)38(3)32(41)27-19-34-27/h4-5,7-9,11,24-25,27,34H,6,10,12-21H2,1-3H3/t25-,27?/m0/s1. The van der Waals surface area contributed by atoms with Crippen molar-refractivity contribution in [1.29, 1.82) is 0 Å². The van der Waals surface area contributed by atoms with Gasteiger partial charge in [-0.3, -0.25) is 4.79 Å². The zero-order valence-corrected chi connectivity index (χ0v) is 25.2. The number of nitrogens with one attached hydrogen (secondary N) is 1. The SMILES string of the molecule is Cc1cccc2cccc(N3CCc4c(nc(OC[C@@H]5CCCN5C)nc4N4CCC(N(C)C(=O)C5CN5)CC4)C3)c12. The van der Waals surface area contributed by atoms with E-state index in [0.29, 0.717) is 18.7 Å².